The number of nitrogens with zero attached hydrogens (tertiary/aromatic N) is 1. The molecule has 1 N–H and O–H groups in total. The Labute approximate surface area is 187 Å². The van der Waals surface area contributed by atoms with Crippen molar-refractivity contribution in [2.75, 3.05) is 13.2 Å². The van der Waals surface area contributed by atoms with Gasteiger partial charge in [-0.2, -0.15) is 5.26 Å². The van der Waals surface area contributed by atoms with E-state index in [0.29, 0.717) is 0 Å². The van der Waals surface area contributed by atoms with Gasteiger partial charge in [-0.05, 0) is 52.8 Å². The maximum Gasteiger partial charge on any atom is 0.407 e. The standard InChI is InChI=1S/C28H22N2O2/c29-19-28(15-16-28)21-13-11-20(12-14-21)6-5-17-30-27(31)32-18-26-24-9-3-1-7-22(24)23-8-2-4-10-25(23)26/h1-4,7-14,26H,15-18H2,(H,30,31). The Kier molecular flexibility index (Phi) is 5.13. The molecular formula is C28H22N2O2. The van der Waals surface area contributed by atoms with Crippen LogP contribution >= 0.6 is 0 Å². The molecule has 0 spiro atoms. The molecule has 0 unspecified atom stereocenters. The van der Waals surface area contributed by atoms with E-state index < -0.39 is 6.09 Å². The van der Waals surface area contributed by atoms with Crippen LogP contribution in [0.2, 0.25) is 0 Å². The van der Waals surface area contributed by atoms with Crippen LogP contribution in [0.5, 0.6) is 0 Å². The van der Waals surface area contributed by atoms with E-state index in [0.717, 1.165) is 24.0 Å². The highest BCUT2D eigenvalue weighted by molar-refractivity contribution is 5.79. The third-order valence-electron chi connectivity index (χ3n) is 6.30. The Hall–Kier alpha value is -4.02. The first-order chi connectivity index (χ1) is 15.7. The molecule has 32 heavy (non-hydrogen) atoms. The van der Waals surface area contributed by atoms with Gasteiger partial charge in [-0.25, -0.2) is 4.79 Å². The van der Waals surface area contributed by atoms with Crippen LogP contribution in [-0.4, -0.2) is 19.2 Å². The normalized spacial score (nSPS) is 14.8. The summed E-state index contributed by atoms with van der Waals surface area (Å²) >= 11 is 0. The van der Waals surface area contributed by atoms with Crippen molar-refractivity contribution in [1.82, 2.24) is 5.32 Å². The average Bonchev–Trinajstić information content (AvgIpc) is 3.58. The van der Waals surface area contributed by atoms with Crippen LogP contribution in [0.3, 0.4) is 0 Å². The van der Waals surface area contributed by atoms with Crippen molar-refractivity contribution in [2.24, 2.45) is 0 Å². The molecule has 1 saturated carbocycles. The van der Waals surface area contributed by atoms with Crippen molar-refractivity contribution >= 4 is 6.09 Å². The third kappa shape index (κ3) is 3.72. The van der Waals surface area contributed by atoms with Gasteiger partial charge in [0.25, 0.3) is 0 Å². The minimum absolute atomic E-state index is 0.0425. The molecule has 3 aromatic rings. The van der Waals surface area contributed by atoms with Crippen LogP contribution in [0.25, 0.3) is 11.1 Å². The zero-order chi connectivity index (χ0) is 22.0. The number of hydrogen-bond donors (Lipinski definition) is 1. The first-order valence-corrected chi connectivity index (χ1v) is 10.8. The van der Waals surface area contributed by atoms with Crippen LogP contribution in [0.4, 0.5) is 4.79 Å². The molecule has 2 aliphatic carbocycles. The van der Waals surface area contributed by atoms with Crippen molar-refractivity contribution in [3.63, 3.8) is 0 Å². The summed E-state index contributed by atoms with van der Waals surface area (Å²) in [5.74, 6) is 6.03. The fourth-order valence-electron chi connectivity index (χ4n) is 4.37. The molecule has 0 radical (unpaired) electrons. The van der Waals surface area contributed by atoms with Gasteiger partial charge in [-0.15, -0.1) is 0 Å². The highest BCUT2D eigenvalue weighted by Crippen LogP contribution is 2.47. The minimum atomic E-state index is -0.471. The second kappa shape index (κ2) is 8.25. The van der Waals surface area contributed by atoms with Gasteiger partial charge in [-0.3, -0.25) is 0 Å². The largest absolute Gasteiger partial charge is 0.449 e. The molecule has 1 amide bonds. The first-order valence-electron chi connectivity index (χ1n) is 10.8. The summed E-state index contributed by atoms with van der Waals surface area (Å²) in [5.41, 5.74) is 6.42. The number of amides is 1. The molecule has 2 aliphatic rings. The van der Waals surface area contributed by atoms with Gasteiger partial charge in [0, 0.05) is 11.5 Å². The summed E-state index contributed by atoms with van der Waals surface area (Å²) < 4.78 is 5.52. The second-order valence-electron chi connectivity index (χ2n) is 8.25. The third-order valence-corrected chi connectivity index (χ3v) is 6.30. The molecule has 0 saturated heterocycles. The minimum Gasteiger partial charge on any atom is -0.449 e. The molecule has 1 fully saturated rings. The molecule has 0 aliphatic heterocycles. The van der Waals surface area contributed by atoms with Crippen molar-refractivity contribution < 1.29 is 9.53 Å². The Morgan fingerprint density at radius 1 is 0.969 bits per heavy atom. The number of nitriles is 1. The summed E-state index contributed by atoms with van der Waals surface area (Å²) in [4.78, 5) is 12.2. The van der Waals surface area contributed by atoms with Crippen molar-refractivity contribution in [1.29, 1.82) is 5.26 Å². The van der Waals surface area contributed by atoms with Gasteiger partial charge < -0.3 is 10.1 Å². The van der Waals surface area contributed by atoms with E-state index in [2.05, 4.69) is 47.5 Å². The van der Waals surface area contributed by atoms with E-state index in [1.165, 1.54) is 22.3 Å². The lowest BCUT2D eigenvalue weighted by Crippen LogP contribution is -2.26. The number of benzene rings is 3. The Balaban J connectivity index is 1.15. The zero-order valence-electron chi connectivity index (χ0n) is 17.6. The van der Waals surface area contributed by atoms with Crippen LogP contribution in [0, 0.1) is 23.2 Å². The maximum atomic E-state index is 12.2. The summed E-state index contributed by atoms with van der Waals surface area (Å²) in [5, 5.41) is 12.0. The monoisotopic (exact) mass is 418 g/mol. The van der Waals surface area contributed by atoms with E-state index in [1.54, 1.807) is 0 Å². The van der Waals surface area contributed by atoms with Crippen LogP contribution < -0.4 is 5.32 Å². The van der Waals surface area contributed by atoms with E-state index in [9.17, 15) is 10.1 Å². The number of hydrogen-bond acceptors (Lipinski definition) is 3. The summed E-state index contributed by atoms with van der Waals surface area (Å²) in [7, 11) is 0. The van der Waals surface area contributed by atoms with Gasteiger partial charge in [0.05, 0.1) is 18.0 Å². The fourth-order valence-corrected chi connectivity index (χ4v) is 4.37. The van der Waals surface area contributed by atoms with E-state index >= 15 is 0 Å². The van der Waals surface area contributed by atoms with Gasteiger partial charge in [-0.1, -0.05) is 72.5 Å². The van der Waals surface area contributed by atoms with Crippen molar-refractivity contribution in [3.05, 3.63) is 95.1 Å². The number of carbonyl (C=O) groups is 1. The number of fused-ring (bicyclic) bond motifs is 3. The number of rotatable bonds is 4. The molecule has 0 heterocycles. The Morgan fingerprint density at radius 2 is 1.59 bits per heavy atom. The van der Waals surface area contributed by atoms with Crippen LogP contribution in [-0.2, 0) is 10.2 Å². The van der Waals surface area contributed by atoms with Crippen molar-refractivity contribution in [3.8, 4) is 29.0 Å². The van der Waals surface area contributed by atoms with E-state index in [1.807, 2.05) is 48.5 Å². The molecular weight excluding hydrogens is 396 g/mol. The molecule has 3 aromatic carbocycles. The molecule has 0 atom stereocenters. The molecule has 0 aromatic heterocycles. The van der Waals surface area contributed by atoms with Gasteiger partial charge in [0.1, 0.15) is 6.61 Å². The smallest absolute Gasteiger partial charge is 0.407 e. The van der Waals surface area contributed by atoms with Crippen LogP contribution in [0.15, 0.2) is 72.8 Å². The van der Waals surface area contributed by atoms with Gasteiger partial charge >= 0.3 is 6.09 Å². The molecule has 4 heteroatoms. The van der Waals surface area contributed by atoms with Crippen molar-refractivity contribution in [2.45, 2.75) is 24.2 Å². The number of alkyl carbamates (subject to hydrolysis) is 1. The molecule has 4 nitrogen and oxygen atoms in total. The summed E-state index contributed by atoms with van der Waals surface area (Å²) in [6.07, 6.45) is 1.39. The maximum absolute atomic E-state index is 12.2. The number of ether oxygens (including phenoxy) is 1. The molecule has 5 rings (SSSR count). The molecule has 0 bridgehead atoms. The number of carbonyl (C=O) groups excluding carboxylic acids is 1. The fraction of sp³-hybridized carbons (Fsp3) is 0.214. The Bertz CT molecular complexity index is 1230. The van der Waals surface area contributed by atoms with Gasteiger partial charge in [0.2, 0.25) is 0 Å². The summed E-state index contributed by atoms with van der Waals surface area (Å²) in [6, 6.07) is 26.7. The lowest BCUT2D eigenvalue weighted by atomic mass is 9.97. The van der Waals surface area contributed by atoms with Crippen LogP contribution in [0.1, 0.15) is 41.0 Å². The predicted molar refractivity (Wildman–Crippen MR) is 123 cm³/mol. The lowest BCUT2D eigenvalue weighted by Gasteiger charge is -2.14. The SMILES string of the molecule is N#CC1(c2ccc(C#CCNC(=O)OCC3c4ccccc4-c4ccccc43)cc2)CC1. The summed E-state index contributed by atoms with van der Waals surface area (Å²) in [6.45, 7) is 0.496. The number of nitrogens with one attached hydrogen (secondary N) is 1. The second-order valence-corrected chi connectivity index (χ2v) is 8.25. The first kappa shape index (κ1) is 19.9. The topological polar surface area (TPSA) is 62.1 Å². The average molecular weight is 418 g/mol. The molecule has 156 valence electrons. The highest BCUT2D eigenvalue weighted by atomic mass is 16.5. The quantitative estimate of drug-likeness (QED) is 0.598. The lowest BCUT2D eigenvalue weighted by molar-refractivity contribution is 0.144. The van der Waals surface area contributed by atoms with Gasteiger partial charge in [0.15, 0.2) is 0 Å². The highest BCUT2D eigenvalue weighted by Gasteiger charge is 2.44. The zero-order valence-corrected chi connectivity index (χ0v) is 17.6. The van der Waals surface area contributed by atoms with E-state index in [-0.39, 0.29) is 24.5 Å². The van der Waals surface area contributed by atoms with E-state index in [4.69, 9.17) is 4.74 Å². The Morgan fingerprint density at radius 3 is 2.19 bits per heavy atom. The predicted octanol–water partition coefficient (Wildman–Crippen LogP) is 5.13.